The quantitative estimate of drug-likeness (QED) is 0.245. The first-order valence-corrected chi connectivity index (χ1v) is 8.26. The molecular weight excluding hydrogens is 346 g/mol. The molecule has 0 radical (unpaired) electrons. The number of fused-ring (bicyclic) bond motifs is 1. The number of nitrogens with one attached hydrogen (secondary N) is 3. The molecule has 3 rings (SSSR count). The standard InChI is InChI=1S/C19H21N5O3/c20-18(21)11-2-1-10-5-16(24-15(10)6-11)14-4-3-12(19(22)23)7-17(14)27-9-13(26)8-25/h1-7,13,24-26H,8-9H2,(H3,20,21)(H3,22,23). The van der Waals surface area contributed by atoms with Crippen molar-refractivity contribution in [3.05, 3.63) is 53.6 Å². The molecule has 0 aliphatic carbocycles. The van der Waals surface area contributed by atoms with Crippen molar-refractivity contribution in [2.75, 3.05) is 13.2 Å². The lowest BCUT2D eigenvalue weighted by atomic mass is 10.1. The molecule has 1 unspecified atom stereocenters. The van der Waals surface area contributed by atoms with Crippen LogP contribution in [0.3, 0.4) is 0 Å². The summed E-state index contributed by atoms with van der Waals surface area (Å²) in [5, 5.41) is 34.7. The molecule has 0 fully saturated rings. The zero-order chi connectivity index (χ0) is 19.6. The molecular formula is C19H21N5O3. The average Bonchev–Trinajstić information content (AvgIpc) is 3.08. The van der Waals surface area contributed by atoms with Gasteiger partial charge in [0.1, 0.15) is 30.1 Å². The Morgan fingerprint density at radius 1 is 1.04 bits per heavy atom. The highest BCUT2D eigenvalue weighted by Crippen LogP contribution is 2.33. The Bertz CT molecular complexity index is 1010. The van der Waals surface area contributed by atoms with E-state index in [0.29, 0.717) is 22.4 Å². The second kappa shape index (κ2) is 7.48. The highest BCUT2D eigenvalue weighted by Gasteiger charge is 2.14. The van der Waals surface area contributed by atoms with E-state index in [1.807, 2.05) is 12.1 Å². The summed E-state index contributed by atoms with van der Waals surface area (Å²) in [6.45, 7) is -0.512. The van der Waals surface area contributed by atoms with Gasteiger partial charge in [0.05, 0.1) is 12.3 Å². The maximum absolute atomic E-state index is 9.57. The first-order valence-electron chi connectivity index (χ1n) is 8.26. The topological polar surface area (TPSA) is 165 Å². The van der Waals surface area contributed by atoms with Gasteiger partial charge >= 0.3 is 0 Å². The fourth-order valence-corrected chi connectivity index (χ4v) is 2.71. The summed E-state index contributed by atoms with van der Waals surface area (Å²) in [5.74, 6) is 0.311. The van der Waals surface area contributed by atoms with Crippen molar-refractivity contribution in [3.8, 4) is 17.0 Å². The predicted octanol–water partition coefficient (Wildman–Crippen LogP) is 1.14. The van der Waals surface area contributed by atoms with E-state index in [-0.39, 0.29) is 18.3 Å². The highest BCUT2D eigenvalue weighted by atomic mass is 16.5. The third kappa shape index (κ3) is 3.91. The molecule has 27 heavy (non-hydrogen) atoms. The summed E-state index contributed by atoms with van der Waals surface area (Å²) in [5.41, 5.74) is 14.5. The number of nitrogens with two attached hydrogens (primary N) is 2. The van der Waals surface area contributed by atoms with Crippen molar-refractivity contribution in [2.24, 2.45) is 11.5 Å². The molecule has 0 aliphatic rings. The van der Waals surface area contributed by atoms with Gasteiger partial charge in [0.25, 0.3) is 0 Å². The van der Waals surface area contributed by atoms with E-state index in [1.165, 1.54) is 0 Å². The molecule has 0 saturated carbocycles. The maximum Gasteiger partial charge on any atom is 0.129 e. The van der Waals surface area contributed by atoms with Crippen LogP contribution in [-0.4, -0.2) is 46.2 Å². The summed E-state index contributed by atoms with van der Waals surface area (Å²) in [4.78, 5) is 3.27. The minimum absolute atomic E-state index is 0.0131. The summed E-state index contributed by atoms with van der Waals surface area (Å²) < 4.78 is 5.66. The minimum Gasteiger partial charge on any atom is -0.490 e. The molecule has 0 saturated heterocycles. The van der Waals surface area contributed by atoms with Crippen LogP contribution in [0.2, 0.25) is 0 Å². The van der Waals surface area contributed by atoms with Gasteiger partial charge in [-0.3, -0.25) is 10.8 Å². The molecule has 0 aliphatic heterocycles. The lowest BCUT2D eigenvalue weighted by Gasteiger charge is -2.14. The lowest BCUT2D eigenvalue weighted by Crippen LogP contribution is -2.21. The second-order valence-corrected chi connectivity index (χ2v) is 6.17. The van der Waals surface area contributed by atoms with Gasteiger partial charge in [0.15, 0.2) is 0 Å². The van der Waals surface area contributed by atoms with E-state index >= 15 is 0 Å². The zero-order valence-electron chi connectivity index (χ0n) is 14.5. The van der Waals surface area contributed by atoms with E-state index in [0.717, 1.165) is 16.6 Å². The molecule has 0 spiro atoms. The van der Waals surface area contributed by atoms with Gasteiger partial charge in [0, 0.05) is 27.6 Å². The Hall–Kier alpha value is -3.36. The van der Waals surface area contributed by atoms with E-state index in [9.17, 15) is 5.11 Å². The van der Waals surface area contributed by atoms with Crippen molar-refractivity contribution >= 4 is 22.6 Å². The van der Waals surface area contributed by atoms with Crippen molar-refractivity contribution in [1.82, 2.24) is 4.98 Å². The van der Waals surface area contributed by atoms with Crippen LogP contribution in [0.1, 0.15) is 11.1 Å². The minimum atomic E-state index is -1.01. The van der Waals surface area contributed by atoms with Crippen molar-refractivity contribution < 1.29 is 14.9 Å². The number of aromatic nitrogens is 1. The van der Waals surface area contributed by atoms with E-state index in [2.05, 4.69) is 4.98 Å². The largest absolute Gasteiger partial charge is 0.490 e. The van der Waals surface area contributed by atoms with Crippen LogP contribution in [0.25, 0.3) is 22.2 Å². The fraction of sp³-hybridized carbons (Fsp3) is 0.158. The van der Waals surface area contributed by atoms with Crippen LogP contribution < -0.4 is 16.2 Å². The van der Waals surface area contributed by atoms with Gasteiger partial charge in [-0.05, 0) is 24.3 Å². The number of nitrogen functional groups attached to an aromatic ring is 2. The van der Waals surface area contributed by atoms with E-state index < -0.39 is 12.7 Å². The maximum atomic E-state index is 9.57. The van der Waals surface area contributed by atoms with Gasteiger partial charge in [-0.2, -0.15) is 0 Å². The van der Waals surface area contributed by atoms with Crippen LogP contribution >= 0.6 is 0 Å². The summed E-state index contributed by atoms with van der Waals surface area (Å²) in [6, 6.07) is 12.5. The van der Waals surface area contributed by atoms with Crippen LogP contribution in [0.15, 0.2) is 42.5 Å². The number of hydrogen-bond acceptors (Lipinski definition) is 5. The Kier molecular flexibility index (Phi) is 5.11. The third-order valence-corrected chi connectivity index (χ3v) is 4.16. The van der Waals surface area contributed by atoms with E-state index in [1.54, 1.807) is 30.3 Å². The molecule has 1 heterocycles. The van der Waals surface area contributed by atoms with Gasteiger partial charge in [-0.25, -0.2) is 0 Å². The van der Waals surface area contributed by atoms with Crippen molar-refractivity contribution in [2.45, 2.75) is 6.10 Å². The molecule has 140 valence electrons. The number of aliphatic hydroxyl groups excluding tert-OH is 2. The van der Waals surface area contributed by atoms with Gasteiger partial charge in [-0.1, -0.05) is 18.2 Å². The van der Waals surface area contributed by atoms with Gasteiger partial charge in [-0.15, -0.1) is 0 Å². The molecule has 0 bridgehead atoms. The smallest absolute Gasteiger partial charge is 0.129 e. The summed E-state index contributed by atoms with van der Waals surface area (Å²) in [7, 11) is 0. The lowest BCUT2D eigenvalue weighted by molar-refractivity contribution is 0.0538. The average molecular weight is 367 g/mol. The van der Waals surface area contributed by atoms with Crippen molar-refractivity contribution in [1.29, 1.82) is 10.8 Å². The highest BCUT2D eigenvalue weighted by molar-refractivity contribution is 6.00. The van der Waals surface area contributed by atoms with Gasteiger partial charge < -0.3 is 31.4 Å². The number of aromatic amines is 1. The Morgan fingerprint density at radius 2 is 1.70 bits per heavy atom. The zero-order valence-corrected chi connectivity index (χ0v) is 14.5. The first-order chi connectivity index (χ1) is 12.9. The molecule has 1 aromatic heterocycles. The molecule has 8 nitrogen and oxygen atoms in total. The SMILES string of the molecule is N=C(N)c1ccc(-c2cc3ccc(C(=N)N)cc3[nH]2)c(OCC(O)CO)c1. The molecule has 1 atom stereocenters. The molecule has 2 aromatic carbocycles. The van der Waals surface area contributed by atoms with Crippen LogP contribution in [0.5, 0.6) is 5.75 Å². The number of hydrogen-bond donors (Lipinski definition) is 7. The first kappa shape index (κ1) is 18.4. The Morgan fingerprint density at radius 3 is 2.37 bits per heavy atom. The van der Waals surface area contributed by atoms with Crippen LogP contribution in [0, 0.1) is 10.8 Å². The molecule has 9 N–H and O–H groups in total. The van der Waals surface area contributed by atoms with Gasteiger partial charge in [0.2, 0.25) is 0 Å². The van der Waals surface area contributed by atoms with Crippen LogP contribution in [0.4, 0.5) is 0 Å². The second-order valence-electron chi connectivity index (χ2n) is 6.17. The molecule has 3 aromatic rings. The summed E-state index contributed by atoms with van der Waals surface area (Å²) in [6.07, 6.45) is -1.01. The predicted molar refractivity (Wildman–Crippen MR) is 104 cm³/mol. The molecule has 8 heteroatoms. The number of ether oxygens (including phenoxy) is 1. The normalized spacial score (nSPS) is 12.1. The monoisotopic (exact) mass is 367 g/mol. The van der Waals surface area contributed by atoms with E-state index in [4.69, 9.17) is 32.1 Å². The number of aliphatic hydroxyl groups is 2. The molecule has 0 amide bonds. The Labute approximate surface area is 155 Å². The number of H-pyrrole nitrogens is 1. The van der Waals surface area contributed by atoms with Crippen LogP contribution in [-0.2, 0) is 0 Å². The number of amidine groups is 2. The fourth-order valence-electron chi connectivity index (χ4n) is 2.71. The Balaban J connectivity index is 2.04. The summed E-state index contributed by atoms with van der Waals surface area (Å²) >= 11 is 0. The third-order valence-electron chi connectivity index (χ3n) is 4.16. The number of benzene rings is 2. The number of rotatable bonds is 7. The van der Waals surface area contributed by atoms with Crippen molar-refractivity contribution in [3.63, 3.8) is 0 Å².